The van der Waals surface area contributed by atoms with Gasteiger partial charge in [0.15, 0.2) is 5.75 Å². The number of benzene rings is 1. The maximum absolute atomic E-state index is 10.4. The van der Waals surface area contributed by atoms with Crippen LogP contribution in [0.3, 0.4) is 0 Å². The summed E-state index contributed by atoms with van der Waals surface area (Å²) >= 11 is 0. The Kier molecular flexibility index (Phi) is 5.96. The third-order valence-corrected chi connectivity index (χ3v) is 4.34. The summed E-state index contributed by atoms with van der Waals surface area (Å²) in [6.07, 6.45) is 0. The van der Waals surface area contributed by atoms with Gasteiger partial charge in [-0.15, -0.1) is 9.05 Å². The van der Waals surface area contributed by atoms with Crippen LogP contribution >= 0.6 is 8.17 Å². The number of hydrogen-bond donors (Lipinski definition) is 1. The monoisotopic (exact) mass is 301 g/mol. The molecule has 0 bridgehead atoms. The first-order chi connectivity index (χ1) is 9.22. The number of rotatable bonds is 6. The number of hydrogen-bond acceptors (Lipinski definition) is 4. The van der Waals surface area contributed by atoms with E-state index >= 15 is 0 Å². The van der Waals surface area contributed by atoms with E-state index in [2.05, 4.69) is 20.8 Å². The molecule has 0 amide bonds. The zero-order valence-corrected chi connectivity index (χ0v) is 14.2. The summed E-state index contributed by atoms with van der Waals surface area (Å²) in [5.74, 6) is 0.621. The molecule has 0 atom stereocenters. The first-order valence-corrected chi connectivity index (χ1v) is 8.43. The van der Waals surface area contributed by atoms with Crippen LogP contribution in [0.1, 0.15) is 45.7 Å². The highest BCUT2D eigenvalue weighted by Gasteiger charge is 2.46. The van der Waals surface area contributed by atoms with Crippen LogP contribution in [-0.4, -0.2) is 18.1 Å². The standard InChI is InChI=1S/C15H26O4P/c1-7-17-20(16,18-8-2)19-14-11-12(3)9-10-13(14)15(4,5)6/h9-11,16H,7-8H2,1-6H3/q+1. The van der Waals surface area contributed by atoms with Gasteiger partial charge in [0, 0.05) is 5.56 Å². The van der Waals surface area contributed by atoms with Gasteiger partial charge in [-0.1, -0.05) is 32.9 Å². The van der Waals surface area contributed by atoms with Gasteiger partial charge in [-0.3, -0.25) is 4.52 Å². The minimum absolute atomic E-state index is 0.0910. The Labute approximate surface area is 122 Å². The molecule has 1 rings (SSSR count). The molecule has 0 radical (unpaired) electrons. The van der Waals surface area contributed by atoms with Crippen molar-refractivity contribution in [1.29, 1.82) is 0 Å². The molecule has 0 heterocycles. The lowest BCUT2D eigenvalue weighted by Gasteiger charge is -2.23. The molecule has 1 aromatic rings. The van der Waals surface area contributed by atoms with Gasteiger partial charge in [-0.05, 0) is 37.8 Å². The lowest BCUT2D eigenvalue weighted by molar-refractivity contribution is 0.132. The van der Waals surface area contributed by atoms with Crippen LogP contribution in [0.5, 0.6) is 5.75 Å². The highest BCUT2D eigenvalue weighted by Crippen LogP contribution is 2.58. The fraction of sp³-hybridized carbons (Fsp3) is 0.600. The molecule has 0 aliphatic heterocycles. The van der Waals surface area contributed by atoms with Crippen molar-refractivity contribution in [3.8, 4) is 5.75 Å². The second-order valence-electron chi connectivity index (χ2n) is 5.65. The molecule has 4 nitrogen and oxygen atoms in total. The topological polar surface area (TPSA) is 47.9 Å². The molecule has 0 unspecified atom stereocenters. The van der Waals surface area contributed by atoms with E-state index in [1.807, 2.05) is 25.1 Å². The molecule has 0 saturated carbocycles. The molecule has 0 aromatic heterocycles. The lowest BCUT2D eigenvalue weighted by Crippen LogP contribution is -2.16. The van der Waals surface area contributed by atoms with Gasteiger partial charge in [0.2, 0.25) is 0 Å². The van der Waals surface area contributed by atoms with E-state index in [-0.39, 0.29) is 5.41 Å². The van der Waals surface area contributed by atoms with Gasteiger partial charge in [-0.25, -0.2) is 0 Å². The molecule has 0 fully saturated rings. The Hall–Kier alpha value is -0.670. The number of aryl methyl sites for hydroxylation is 1. The smallest absolute Gasteiger partial charge is 0.260 e. The predicted molar refractivity (Wildman–Crippen MR) is 82.9 cm³/mol. The summed E-state index contributed by atoms with van der Waals surface area (Å²) in [4.78, 5) is 10.4. The second-order valence-corrected chi connectivity index (χ2v) is 7.28. The lowest BCUT2D eigenvalue weighted by atomic mass is 9.86. The zero-order valence-electron chi connectivity index (χ0n) is 13.3. The summed E-state index contributed by atoms with van der Waals surface area (Å²) in [5, 5.41) is 0. The minimum atomic E-state index is -3.31. The fourth-order valence-corrected chi connectivity index (χ4v) is 3.10. The van der Waals surface area contributed by atoms with Crippen LogP contribution in [0, 0.1) is 6.92 Å². The summed E-state index contributed by atoms with van der Waals surface area (Å²) < 4.78 is 16.4. The van der Waals surface area contributed by atoms with Crippen molar-refractivity contribution in [1.82, 2.24) is 0 Å². The van der Waals surface area contributed by atoms with Crippen molar-refractivity contribution < 1.29 is 18.5 Å². The highest BCUT2D eigenvalue weighted by atomic mass is 31.2. The van der Waals surface area contributed by atoms with Gasteiger partial charge < -0.3 is 0 Å². The van der Waals surface area contributed by atoms with E-state index in [4.69, 9.17) is 13.6 Å². The minimum Gasteiger partial charge on any atom is -0.260 e. The predicted octanol–water partition coefficient (Wildman–Crippen LogP) is 4.41. The Morgan fingerprint density at radius 1 is 1.10 bits per heavy atom. The van der Waals surface area contributed by atoms with E-state index < -0.39 is 8.17 Å². The van der Waals surface area contributed by atoms with Crippen molar-refractivity contribution in [3.63, 3.8) is 0 Å². The third kappa shape index (κ3) is 4.71. The fourth-order valence-electron chi connectivity index (χ4n) is 1.87. The largest absolute Gasteiger partial charge is 0.619 e. The van der Waals surface area contributed by atoms with Crippen LogP contribution in [-0.2, 0) is 14.5 Å². The molecule has 0 spiro atoms. The molecular formula is C15H26O4P+. The highest BCUT2D eigenvalue weighted by molar-refractivity contribution is 7.55. The van der Waals surface area contributed by atoms with Gasteiger partial charge in [-0.2, -0.15) is 4.89 Å². The molecule has 0 aliphatic carbocycles. The summed E-state index contributed by atoms with van der Waals surface area (Å²) in [6, 6.07) is 5.96. The average Bonchev–Trinajstić information content (AvgIpc) is 2.27. The van der Waals surface area contributed by atoms with Gasteiger partial charge >= 0.3 is 8.17 Å². The van der Waals surface area contributed by atoms with E-state index in [9.17, 15) is 4.89 Å². The van der Waals surface area contributed by atoms with Crippen LogP contribution in [0.4, 0.5) is 0 Å². The van der Waals surface area contributed by atoms with Crippen LogP contribution in [0.2, 0.25) is 0 Å². The van der Waals surface area contributed by atoms with Gasteiger partial charge in [0.05, 0.1) is 13.2 Å². The Morgan fingerprint density at radius 3 is 2.10 bits per heavy atom. The van der Waals surface area contributed by atoms with Crippen molar-refractivity contribution in [2.75, 3.05) is 13.2 Å². The molecule has 20 heavy (non-hydrogen) atoms. The molecule has 5 heteroatoms. The van der Waals surface area contributed by atoms with Crippen LogP contribution in [0.25, 0.3) is 0 Å². The molecule has 1 aromatic carbocycles. The molecule has 1 N–H and O–H groups in total. The van der Waals surface area contributed by atoms with Crippen molar-refractivity contribution in [2.45, 2.75) is 47.0 Å². The van der Waals surface area contributed by atoms with E-state index in [0.717, 1.165) is 11.1 Å². The normalized spacial score (nSPS) is 12.6. The van der Waals surface area contributed by atoms with Gasteiger partial charge in [0.1, 0.15) is 0 Å². The van der Waals surface area contributed by atoms with Crippen molar-refractivity contribution in [2.24, 2.45) is 0 Å². The van der Waals surface area contributed by atoms with Crippen molar-refractivity contribution in [3.05, 3.63) is 29.3 Å². The quantitative estimate of drug-likeness (QED) is 0.790. The Balaban J connectivity index is 3.14. The second kappa shape index (κ2) is 6.86. The van der Waals surface area contributed by atoms with Crippen LogP contribution < -0.4 is 4.52 Å². The summed E-state index contributed by atoms with van der Waals surface area (Å²) in [6.45, 7) is 12.6. The molecular weight excluding hydrogens is 275 g/mol. The maximum atomic E-state index is 10.4. The molecule has 0 saturated heterocycles. The maximum Gasteiger partial charge on any atom is 0.619 e. The molecule has 114 valence electrons. The van der Waals surface area contributed by atoms with E-state index in [0.29, 0.717) is 19.0 Å². The summed E-state index contributed by atoms with van der Waals surface area (Å²) in [7, 11) is -3.31. The van der Waals surface area contributed by atoms with Crippen molar-refractivity contribution >= 4 is 8.17 Å². The first-order valence-electron chi connectivity index (χ1n) is 6.93. The average molecular weight is 301 g/mol. The SMILES string of the molecule is CCO[P+](O)(OCC)Oc1cc(C)ccc1C(C)(C)C. The van der Waals surface area contributed by atoms with Gasteiger partial charge in [0.25, 0.3) is 0 Å². The zero-order chi connectivity index (χ0) is 15.4. The van der Waals surface area contributed by atoms with Crippen LogP contribution in [0.15, 0.2) is 18.2 Å². The summed E-state index contributed by atoms with van der Waals surface area (Å²) in [5.41, 5.74) is 1.99. The van der Waals surface area contributed by atoms with E-state index in [1.165, 1.54) is 0 Å². The molecule has 0 aliphatic rings. The third-order valence-electron chi connectivity index (χ3n) is 2.74. The Bertz CT molecular complexity index is 434. The first kappa shape index (κ1) is 17.4. The Morgan fingerprint density at radius 2 is 1.65 bits per heavy atom. The van der Waals surface area contributed by atoms with E-state index in [1.54, 1.807) is 13.8 Å².